The van der Waals surface area contributed by atoms with Crippen molar-refractivity contribution in [3.05, 3.63) is 29.8 Å². The summed E-state index contributed by atoms with van der Waals surface area (Å²) in [5.41, 5.74) is 7.46. The van der Waals surface area contributed by atoms with Crippen molar-refractivity contribution in [3.8, 4) is 0 Å². The molecule has 0 aliphatic rings. The lowest BCUT2D eigenvalue weighted by Crippen LogP contribution is -2.05. The second kappa shape index (κ2) is 7.62. The topological polar surface area (TPSA) is 61.9 Å². The summed E-state index contributed by atoms with van der Waals surface area (Å²) in [6.45, 7) is 2.24. The summed E-state index contributed by atoms with van der Waals surface area (Å²) in [5, 5.41) is 10.1. The molecule has 0 atom stereocenters. The molecule has 0 heterocycles. The number of benzene rings is 1. The van der Waals surface area contributed by atoms with E-state index in [1.807, 2.05) is 24.3 Å². The van der Waals surface area contributed by atoms with E-state index in [1.54, 1.807) is 6.92 Å². The second-order valence-corrected chi connectivity index (χ2v) is 2.65. The maximum absolute atomic E-state index is 7.22. The Morgan fingerprint density at radius 3 is 2.57 bits per heavy atom. The van der Waals surface area contributed by atoms with Crippen LogP contribution in [0, 0.1) is 5.41 Å². The van der Waals surface area contributed by atoms with Gasteiger partial charge in [0.25, 0.3) is 0 Å². The highest BCUT2D eigenvalue weighted by Crippen LogP contribution is 2.09. The third kappa shape index (κ3) is 5.07. The largest absolute Gasteiger partial charge is 0.344 e. The molecular weight excluding hydrogens is 221 g/mol. The highest BCUT2D eigenvalue weighted by Gasteiger charge is 1.93. The predicted octanol–water partition coefficient (Wildman–Crippen LogP) is 2.40. The maximum Gasteiger partial charge on any atom is 0.0944 e. The van der Waals surface area contributed by atoms with Gasteiger partial charge in [-0.25, -0.2) is 0 Å². The van der Waals surface area contributed by atoms with Gasteiger partial charge >= 0.3 is 0 Å². The first kappa shape index (κ1) is 15.7. The molecule has 1 rings (SSSR count). The van der Waals surface area contributed by atoms with Gasteiger partial charge in [-0.3, -0.25) is 5.41 Å². The van der Waals surface area contributed by atoms with Gasteiger partial charge in [-0.1, -0.05) is 12.1 Å². The molecule has 0 amide bonds. The van der Waals surface area contributed by atoms with Crippen molar-refractivity contribution in [1.82, 2.24) is 0 Å². The lowest BCUT2D eigenvalue weighted by Gasteiger charge is -2.04. The van der Waals surface area contributed by atoms with Gasteiger partial charge in [0, 0.05) is 12.2 Å². The highest BCUT2D eigenvalue weighted by molar-refractivity contribution is 5.90. The Hall–Kier alpha value is -0.770. The van der Waals surface area contributed by atoms with Gasteiger partial charge in [0.2, 0.25) is 0 Å². The summed E-state index contributed by atoms with van der Waals surface area (Å²) in [7, 11) is 0. The Morgan fingerprint density at radius 1 is 1.43 bits per heavy atom. The van der Waals surface area contributed by atoms with Gasteiger partial charge < -0.3 is 11.1 Å². The number of nitrogens with one attached hydrogen (secondary N) is 2. The van der Waals surface area contributed by atoms with E-state index in [0.29, 0.717) is 12.4 Å². The molecule has 0 bridgehead atoms. The molecule has 0 unspecified atom stereocenters. The standard InChI is InChI=1S/C9H13N3.2ClH/c1-7(11)12-9-4-2-3-8(5-9)6-10;;/h2-5H,6,10H2,1H3,(H2,11,12);2*1H. The van der Waals surface area contributed by atoms with Gasteiger partial charge in [0.1, 0.15) is 0 Å². The molecular formula is C9H15Cl2N3. The number of hydrogen-bond acceptors (Lipinski definition) is 2. The zero-order valence-corrected chi connectivity index (χ0v) is 9.54. The Morgan fingerprint density at radius 2 is 2.07 bits per heavy atom. The number of nitrogens with two attached hydrogens (primary N) is 1. The molecule has 1 aromatic carbocycles. The average Bonchev–Trinajstić information content (AvgIpc) is 2.03. The molecule has 3 nitrogen and oxygen atoms in total. The van der Waals surface area contributed by atoms with Crippen LogP contribution in [-0.4, -0.2) is 5.84 Å². The van der Waals surface area contributed by atoms with E-state index in [4.69, 9.17) is 11.1 Å². The van der Waals surface area contributed by atoms with E-state index >= 15 is 0 Å². The lowest BCUT2D eigenvalue weighted by atomic mass is 10.2. The summed E-state index contributed by atoms with van der Waals surface area (Å²) in [6.07, 6.45) is 0. The molecule has 0 saturated heterocycles. The van der Waals surface area contributed by atoms with Gasteiger partial charge in [-0.2, -0.15) is 0 Å². The Kier molecular flexibility index (Phi) is 8.54. The molecule has 0 spiro atoms. The summed E-state index contributed by atoms with van der Waals surface area (Å²) < 4.78 is 0. The van der Waals surface area contributed by atoms with Crippen LogP contribution < -0.4 is 11.1 Å². The van der Waals surface area contributed by atoms with Gasteiger partial charge in [-0.05, 0) is 24.6 Å². The number of halogens is 2. The molecule has 4 N–H and O–H groups in total. The Bertz CT molecular complexity index is 289. The Labute approximate surface area is 96.4 Å². The zero-order chi connectivity index (χ0) is 8.97. The third-order valence-corrected chi connectivity index (χ3v) is 1.49. The highest BCUT2D eigenvalue weighted by atomic mass is 35.5. The molecule has 1 aromatic rings. The van der Waals surface area contributed by atoms with E-state index in [1.165, 1.54) is 0 Å². The van der Waals surface area contributed by atoms with E-state index < -0.39 is 0 Å². The van der Waals surface area contributed by atoms with Crippen molar-refractivity contribution in [2.45, 2.75) is 13.5 Å². The molecule has 0 aliphatic carbocycles. The van der Waals surface area contributed by atoms with Crippen LogP contribution in [-0.2, 0) is 6.54 Å². The monoisotopic (exact) mass is 235 g/mol. The van der Waals surface area contributed by atoms with Gasteiger partial charge in [-0.15, -0.1) is 24.8 Å². The minimum atomic E-state index is 0. The Balaban J connectivity index is 0. The van der Waals surface area contributed by atoms with Crippen LogP contribution in [0.2, 0.25) is 0 Å². The number of hydrogen-bond donors (Lipinski definition) is 3. The quantitative estimate of drug-likeness (QED) is 0.545. The molecule has 0 fully saturated rings. The first-order chi connectivity index (χ1) is 5.72. The van der Waals surface area contributed by atoms with Crippen LogP contribution in [0.5, 0.6) is 0 Å². The fraction of sp³-hybridized carbons (Fsp3) is 0.222. The minimum absolute atomic E-state index is 0. The molecule has 0 aromatic heterocycles. The van der Waals surface area contributed by atoms with E-state index in [0.717, 1.165) is 11.3 Å². The number of anilines is 1. The van der Waals surface area contributed by atoms with Crippen LogP contribution in [0.3, 0.4) is 0 Å². The molecule has 0 aliphatic heterocycles. The van der Waals surface area contributed by atoms with Crippen molar-refractivity contribution in [2.75, 3.05) is 5.32 Å². The molecule has 14 heavy (non-hydrogen) atoms. The zero-order valence-electron chi connectivity index (χ0n) is 7.91. The van der Waals surface area contributed by atoms with E-state index in [9.17, 15) is 0 Å². The van der Waals surface area contributed by atoms with Gasteiger partial charge in [0.15, 0.2) is 0 Å². The summed E-state index contributed by atoms with van der Waals surface area (Å²) in [4.78, 5) is 0. The van der Waals surface area contributed by atoms with E-state index in [-0.39, 0.29) is 24.8 Å². The predicted molar refractivity (Wildman–Crippen MR) is 65.9 cm³/mol. The first-order valence-corrected chi connectivity index (χ1v) is 3.83. The summed E-state index contributed by atoms with van der Waals surface area (Å²) in [5.74, 6) is 0.434. The summed E-state index contributed by atoms with van der Waals surface area (Å²) >= 11 is 0. The molecule has 0 radical (unpaired) electrons. The van der Waals surface area contributed by atoms with Crippen LogP contribution in [0.4, 0.5) is 5.69 Å². The van der Waals surface area contributed by atoms with Gasteiger partial charge in [0.05, 0.1) is 5.84 Å². The second-order valence-electron chi connectivity index (χ2n) is 2.65. The van der Waals surface area contributed by atoms with Crippen molar-refractivity contribution in [1.29, 1.82) is 5.41 Å². The maximum atomic E-state index is 7.22. The lowest BCUT2D eigenvalue weighted by molar-refractivity contribution is 1.07. The summed E-state index contributed by atoms with van der Waals surface area (Å²) in [6, 6.07) is 7.74. The number of amidine groups is 1. The van der Waals surface area contributed by atoms with Crippen LogP contribution in [0.15, 0.2) is 24.3 Å². The van der Waals surface area contributed by atoms with Crippen molar-refractivity contribution in [3.63, 3.8) is 0 Å². The molecule has 0 saturated carbocycles. The third-order valence-electron chi connectivity index (χ3n) is 1.49. The first-order valence-electron chi connectivity index (χ1n) is 3.83. The fourth-order valence-electron chi connectivity index (χ4n) is 0.993. The molecule has 80 valence electrons. The normalized spacial score (nSPS) is 8.14. The minimum Gasteiger partial charge on any atom is -0.344 e. The fourth-order valence-corrected chi connectivity index (χ4v) is 0.993. The molecule has 5 heteroatoms. The SMILES string of the molecule is CC(=N)Nc1cccc(CN)c1.Cl.Cl. The van der Waals surface area contributed by atoms with Crippen LogP contribution in [0.25, 0.3) is 0 Å². The van der Waals surface area contributed by atoms with Crippen molar-refractivity contribution < 1.29 is 0 Å². The van der Waals surface area contributed by atoms with Crippen molar-refractivity contribution in [2.24, 2.45) is 5.73 Å². The van der Waals surface area contributed by atoms with E-state index in [2.05, 4.69) is 5.32 Å². The van der Waals surface area contributed by atoms with Crippen LogP contribution >= 0.6 is 24.8 Å². The van der Waals surface area contributed by atoms with Crippen LogP contribution in [0.1, 0.15) is 12.5 Å². The average molecular weight is 236 g/mol. The smallest absolute Gasteiger partial charge is 0.0944 e. The number of rotatable bonds is 2. The van der Waals surface area contributed by atoms with Crippen molar-refractivity contribution >= 4 is 36.3 Å².